The van der Waals surface area contributed by atoms with Crippen LogP contribution in [0.1, 0.15) is 22.2 Å². The zero-order chi connectivity index (χ0) is 20.8. The van der Waals surface area contributed by atoms with Gasteiger partial charge in [-0.2, -0.15) is 0 Å². The number of Topliss-reactive ketones (excluding diaryl/α,β-unsaturated/α-hetero) is 1. The van der Waals surface area contributed by atoms with Gasteiger partial charge < -0.3 is 9.52 Å². The molecule has 3 aromatic heterocycles. The number of aliphatic hydroxyl groups excluding tert-OH is 1. The number of amides is 1. The van der Waals surface area contributed by atoms with Gasteiger partial charge in [0.25, 0.3) is 5.91 Å². The topological polar surface area (TPSA) is 96.5 Å². The molecular formula is C21H12ClN3O4S. The molecule has 0 bridgehead atoms. The number of hydrogen-bond acceptors (Lipinski definition) is 7. The van der Waals surface area contributed by atoms with Crippen LogP contribution in [0.25, 0.3) is 10.2 Å². The Labute approximate surface area is 178 Å². The summed E-state index contributed by atoms with van der Waals surface area (Å²) in [7, 11) is 0. The Hall–Kier alpha value is -3.49. The summed E-state index contributed by atoms with van der Waals surface area (Å²) in [5.41, 5.74) is 1.13. The monoisotopic (exact) mass is 437 g/mol. The number of halogens is 1. The van der Waals surface area contributed by atoms with Gasteiger partial charge in [-0.15, -0.1) is 0 Å². The number of hydrogen-bond donors (Lipinski definition) is 1. The lowest BCUT2D eigenvalue weighted by atomic mass is 9.96. The number of aliphatic hydroxyl groups is 1. The number of aromatic nitrogens is 2. The quantitative estimate of drug-likeness (QED) is 0.464. The second-order valence-corrected chi connectivity index (χ2v) is 7.99. The van der Waals surface area contributed by atoms with E-state index < -0.39 is 23.5 Å². The highest BCUT2D eigenvalue weighted by Gasteiger charge is 2.46. The second-order valence-electron chi connectivity index (χ2n) is 6.54. The van der Waals surface area contributed by atoms with E-state index in [1.165, 1.54) is 28.6 Å². The maximum Gasteiger partial charge on any atom is 0.296 e. The lowest BCUT2D eigenvalue weighted by Crippen LogP contribution is -2.31. The van der Waals surface area contributed by atoms with Crippen molar-refractivity contribution in [3.05, 3.63) is 88.8 Å². The Kier molecular flexibility index (Phi) is 4.38. The molecule has 0 saturated carbocycles. The molecule has 0 radical (unpaired) electrons. The number of anilines is 1. The van der Waals surface area contributed by atoms with E-state index in [2.05, 4.69) is 9.97 Å². The number of carbonyl (C=O) groups excluding carboxylic acids is 2. The number of nitrogens with zero attached hydrogens (tertiary/aromatic N) is 3. The van der Waals surface area contributed by atoms with Gasteiger partial charge in [0.1, 0.15) is 0 Å². The summed E-state index contributed by atoms with van der Waals surface area (Å²) < 4.78 is 5.99. The average molecular weight is 438 g/mol. The van der Waals surface area contributed by atoms with Crippen molar-refractivity contribution in [3.8, 4) is 0 Å². The highest BCUT2D eigenvalue weighted by atomic mass is 35.5. The summed E-state index contributed by atoms with van der Waals surface area (Å²) in [4.78, 5) is 36.1. The van der Waals surface area contributed by atoms with Gasteiger partial charge in [0, 0.05) is 17.4 Å². The molecule has 0 fully saturated rings. The molecule has 1 amide bonds. The van der Waals surface area contributed by atoms with Gasteiger partial charge in [0.15, 0.2) is 16.7 Å². The third-order valence-corrected chi connectivity index (χ3v) is 6.00. The van der Waals surface area contributed by atoms with Gasteiger partial charge in [0.2, 0.25) is 5.78 Å². The molecule has 9 heteroatoms. The first-order valence-corrected chi connectivity index (χ1v) is 10.0. The van der Waals surface area contributed by atoms with Crippen LogP contribution in [0.5, 0.6) is 0 Å². The van der Waals surface area contributed by atoms with Crippen LogP contribution in [0, 0.1) is 0 Å². The van der Waals surface area contributed by atoms with Gasteiger partial charge in [0.05, 0.1) is 28.1 Å². The number of ketones is 1. The Bertz CT molecular complexity index is 1310. The SMILES string of the molecule is O=C(C1=C(O)C(=O)N(c2nc3ccc(Cl)cc3s2)C1c1cccnc1)c1ccco1. The van der Waals surface area contributed by atoms with Crippen molar-refractivity contribution in [2.75, 3.05) is 4.90 Å². The molecule has 1 unspecified atom stereocenters. The number of thiazole rings is 1. The van der Waals surface area contributed by atoms with E-state index in [-0.39, 0.29) is 11.3 Å². The van der Waals surface area contributed by atoms with Crippen LogP contribution in [-0.2, 0) is 4.79 Å². The molecule has 1 N–H and O–H groups in total. The number of fused-ring (bicyclic) bond motifs is 1. The number of pyridine rings is 1. The van der Waals surface area contributed by atoms with Crippen LogP contribution in [0.15, 0.2) is 76.9 Å². The first-order valence-electron chi connectivity index (χ1n) is 8.85. The van der Waals surface area contributed by atoms with E-state index in [9.17, 15) is 14.7 Å². The normalized spacial score (nSPS) is 16.6. The minimum Gasteiger partial charge on any atom is -0.503 e. The van der Waals surface area contributed by atoms with E-state index in [1.54, 1.807) is 48.8 Å². The van der Waals surface area contributed by atoms with E-state index in [4.69, 9.17) is 16.0 Å². The number of rotatable bonds is 4. The maximum absolute atomic E-state index is 13.1. The molecule has 0 aliphatic carbocycles. The fourth-order valence-electron chi connectivity index (χ4n) is 3.42. The maximum atomic E-state index is 13.1. The van der Waals surface area contributed by atoms with E-state index in [0.29, 0.717) is 21.2 Å². The molecule has 30 heavy (non-hydrogen) atoms. The van der Waals surface area contributed by atoms with Gasteiger partial charge >= 0.3 is 0 Å². The lowest BCUT2D eigenvalue weighted by molar-refractivity contribution is -0.117. The highest BCUT2D eigenvalue weighted by molar-refractivity contribution is 7.22. The summed E-state index contributed by atoms with van der Waals surface area (Å²) >= 11 is 7.31. The standard InChI is InChI=1S/C21H12ClN3O4S/c22-12-5-6-13-15(9-12)30-21(24-13)25-17(11-3-1-7-23-10-11)16(19(27)20(25)28)18(26)14-4-2-8-29-14/h1-10,17,27H. The highest BCUT2D eigenvalue weighted by Crippen LogP contribution is 2.44. The summed E-state index contributed by atoms with van der Waals surface area (Å²) in [6, 6.07) is 10.8. The minimum absolute atomic E-state index is 0.0242. The van der Waals surface area contributed by atoms with Crippen molar-refractivity contribution in [2.45, 2.75) is 6.04 Å². The first-order chi connectivity index (χ1) is 14.5. The second kappa shape index (κ2) is 7.08. The zero-order valence-electron chi connectivity index (χ0n) is 15.2. The largest absolute Gasteiger partial charge is 0.503 e. The summed E-state index contributed by atoms with van der Waals surface area (Å²) in [5.74, 6) is -1.91. The summed E-state index contributed by atoms with van der Waals surface area (Å²) in [6.45, 7) is 0. The van der Waals surface area contributed by atoms with Gasteiger partial charge in [-0.25, -0.2) is 4.98 Å². The third kappa shape index (κ3) is 2.89. The Morgan fingerprint density at radius 1 is 1.23 bits per heavy atom. The predicted molar refractivity (Wildman–Crippen MR) is 112 cm³/mol. The molecule has 1 aliphatic heterocycles. The van der Waals surface area contributed by atoms with Crippen molar-refractivity contribution < 1.29 is 19.1 Å². The minimum atomic E-state index is -0.903. The fraction of sp³-hybridized carbons (Fsp3) is 0.0476. The molecule has 1 aromatic carbocycles. The molecule has 4 heterocycles. The van der Waals surface area contributed by atoms with Crippen molar-refractivity contribution in [1.29, 1.82) is 0 Å². The lowest BCUT2D eigenvalue weighted by Gasteiger charge is -2.23. The van der Waals surface area contributed by atoms with Crippen molar-refractivity contribution in [1.82, 2.24) is 9.97 Å². The number of benzene rings is 1. The Morgan fingerprint density at radius 2 is 2.10 bits per heavy atom. The van der Waals surface area contributed by atoms with Crippen LogP contribution in [0.2, 0.25) is 5.02 Å². The Balaban J connectivity index is 1.68. The van der Waals surface area contributed by atoms with Crippen LogP contribution >= 0.6 is 22.9 Å². The Morgan fingerprint density at radius 3 is 2.83 bits per heavy atom. The smallest absolute Gasteiger partial charge is 0.296 e. The van der Waals surface area contributed by atoms with Crippen LogP contribution < -0.4 is 4.90 Å². The summed E-state index contributed by atoms with van der Waals surface area (Å²) in [5, 5.41) is 11.5. The van der Waals surface area contributed by atoms with Crippen molar-refractivity contribution in [3.63, 3.8) is 0 Å². The predicted octanol–water partition coefficient (Wildman–Crippen LogP) is 4.72. The average Bonchev–Trinajstić information content (AvgIpc) is 3.47. The van der Waals surface area contributed by atoms with Crippen molar-refractivity contribution >= 4 is 50.0 Å². The van der Waals surface area contributed by atoms with Crippen LogP contribution in [0.4, 0.5) is 5.13 Å². The van der Waals surface area contributed by atoms with Crippen LogP contribution in [-0.4, -0.2) is 26.8 Å². The molecule has 148 valence electrons. The van der Waals surface area contributed by atoms with Gasteiger partial charge in [-0.1, -0.05) is 29.0 Å². The molecule has 1 aliphatic rings. The van der Waals surface area contributed by atoms with Crippen molar-refractivity contribution in [2.24, 2.45) is 0 Å². The molecule has 4 aromatic rings. The van der Waals surface area contributed by atoms with E-state index >= 15 is 0 Å². The molecule has 0 spiro atoms. The number of furan rings is 1. The molecule has 1 atom stereocenters. The molecule has 0 saturated heterocycles. The van der Waals surface area contributed by atoms with Gasteiger partial charge in [-0.05, 0) is 42.0 Å². The molecular weight excluding hydrogens is 426 g/mol. The molecule has 7 nitrogen and oxygen atoms in total. The van der Waals surface area contributed by atoms with Gasteiger partial charge in [-0.3, -0.25) is 19.5 Å². The first kappa shape index (κ1) is 18.5. The zero-order valence-corrected chi connectivity index (χ0v) is 16.7. The van der Waals surface area contributed by atoms with E-state index in [1.807, 2.05) is 0 Å². The number of carbonyl (C=O) groups is 2. The van der Waals surface area contributed by atoms with Crippen LogP contribution in [0.3, 0.4) is 0 Å². The summed E-state index contributed by atoms with van der Waals surface area (Å²) in [6.07, 6.45) is 4.49. The third-order valence-electron chi connectivity index (χ3n) is 4.74. The fourth-order valence-corrected chi connectivity index (χ4v) is 4.69. The van der Waals surface area contributed by atoms with E-state index in [0.717, 1.165) is 4.70 Å². The molecule has 5 rings (SSSR count).